The van der Waals surface area contributed by atoms with Crippen molar-refractivity contribution < 1.29 is 49.0 Å². The fraction of sp³-hybridized carbons (Fsp3) is 0.696. The lowest BCUT2D eigenvalue weighted by Gasteiger charge is -2.39. The van der Waals surface area contributed by atoms with Crippen LogP contribution in [0, 0.1) is 0 Å². The van der Waals surface area contributed by atoms with Crippen molar-refractivity contribution in [2.45, 2.75) is 185 Å². The number of ether oxygens (including phenoxy) is 4. The third-order valence-electron chi connectivity index (χ3n) is 9.33. The molecule has 1 saturated heterocycles. The minimum Gasteiger partial charge on any atom is -0.462 e. The first-order valence-electron chi connectivity index (χ1n) is 21.5. The van der Waals surface area contributed by atoms with Crippen LogP contribution in [0.4, 0.5) is 0 Å². The molecule has 10 nitrogen and oxygen atoms in total. The highest BCUT2D eigenvalue weighted by Gasteiger charge is 2.44. The van der Waals surface area contributed by atoms with Crippen LogP contribution in [-0.2, 0) is 28.5 Å². The molecule has 1 aliphatic heterocycles. The topological polar surface area (TPSA) is 152 Å². The van der Waals surface area contributed by atoms with E-state index in [0.29, 0.717) is 12.8 Å². The Morgan fingerprint density at radius 1 is 0.554 bits per heavy atom. The molecule has 0 aliphatic carbocycles. The highest BCUT2D eigenvalue weighted by Crippen LogP contribution is 2.22. The highest BCUT2D eigenvalue weighted by molar-refractivity contribution is 5.70. The van der Waals surface area contributed by atoms with Gasteiger partial charge < -0.3 is 39.4 Å². The van der Waals surface area contributed by atoms with Crippen molar-refractivity contribution in [3.8, 4) is 0 Å². The smallest absolute Gasteiger partial charge is 0.306 e. The summed E-state index contributed by atoms with van der Waals surface area (Å²) in [6.45, 7) is 3.26. The molecule has 10 heteroatoms. The van der Waals surface area contributed by atoms with Crippen molar-refractivity contribution in [2.24, 2.45) is 0 Å². The summed E-state index contributed by atoms with van der Waals surface area (Å²) < 4.78 is 22.0. The number of unbranched alkanes of at least 4 members (excludes halogenated alkanes) is 11. The van der Waals surface area contributed by atoms with E-state index in [1.807, 2.05) is 12.2 Å². The molecule has 2 unspecified atom stereocenters. The molecule has 0 saturated carbocycles. The third-order valence-corrected chi connectivity index (χ3v) is 9.33. The summed E-state index contributed by atoms with van der Waals surface area (Å²) in [6, 6.07) is 0. The van der Waals surface area contributed by atoms with Crippen molar-refractivity contribution in [1.82, 2.24) is 0 Å². The van der Waals surface area contributed by atoms with Crippen molar-refractivity contribution in [3.05, 3.63) is 72.9 Å². The van der Waals surface area contributed by atoms with Crippen LogP contribution in [0.25, 0.3) is 0 Å². The van der Waals surface area contributed by atoms with E-state index in [4.69, 9.17) is 18.9 Å². The van der Waals surface area contributed by atoms with Gasteiger partial charge in [-0.25, -0.2) is 0 Å². The molecule has 1 heterocycles. The molecule has 1 aliphatic rings. The highest BCUT2D eigenvalue weighted by atomic mass is 16.7. The molecular formula is C46H76O10. The van der Waals surface area contributed by atoms with Gasteiger partial charge in [0.1, 0.15) is 31.0 Å². The van der Waals surface area contributed by atoms with Crippen LogP contribution >= 0.6 is 0 Å². The molecule has 0 bridgehead atoms. The monoisotopic (exact) mass is 789 g/mol. The molecule has 0 spiro atoms. The number of hydrogen-bond donors (Lipinski definition) is 4. The van der Waals surface area contributed by atoms with Crippen molar-refractivity contribution >= 4 is 11.9 Å². The largest absolute Gasteiger partial charge is 0.462 e. The minimum absolute atomic E-state index is 0.147. The van der Waals surface area contributed by atoms with Crippen LogP contribution in [-0.4, -0.2) is 89.0 Å². The van der Waals surface area contributed by atoms with E-state index < -0.39 is 55.4 Å². The van der Waals surface area contributed by atoms with Crippen molar-refractivity contribution in [1.29, 1.82) is 0 Å². The summed E-state index contributed by atoms with van der Waals surface area (Å²) in [5.74, 6) is -0.921. The number of hydrogen-bond acceptors (Lipinski definition) is 10. The van der Waals surface area contributed by atoms with Gasteiger partial charge in [-0.05, 0) is 77.0 Å². The molecule has 320 valence electrons. The van der Waals surface area contributed by atoms with E-state index in [-0.39, 0.29) is 26.1 Å². The molecule has 0 aromatic carbocycles. The predicted octanol–water partition coefficient (Wildman–Crippen LogP) is 8.83. The summed E-state index contributed by atoms with van der Waals surface area (Å²) in [4.78, 5) is 25.2. The number of aliphatic hydroxyl groups excluding tert-OH is 4. The van der Waals surface area contributed by atoms with Crippen molar-refractivity contribution in [3.63, 3.8) is 0 Å². The van der Waals surface area contributed by atoms with Crippen molar-refractivity contribution in [2.75, 3.05) is 19.8 Å². The molecule has 0 aromatic rings. The maximum absolute atomic E-state index is 12.7. The number of carbonyl (C=O) groups excluding carboxylic acids is 2. The van der Waals surface area contributed by atoms with Gasteiger partial charge in [0.2, 0.25) is 0 Å². The van der Waals surface area contributed by atoms with Crippen LogP contribution in [0.5, 0.6) is 0 Å². The minimum atomic E-state index is -1.61. The normalized spacial score (nSPS) is 21.1. The van der Waals surface area contributed by atoms with E-state index in [2.05, 4.69) is 74.6 Å². The van der Waals surface area contributed by atoms with E-state index in [1.165, 1.54) is 44.9 Å². The molecule has 0 amide bonds. The van der Waals surface area contributed by atoms with E-state index >= 15 is 0 Å². The Kier molecular flexibility index (Phi) is 33.3. The summed E-state index contributed by atoms with van der Waals surface area (Å²) in [7, 11) is 0. The standard InChI is InChI=1S/C46H76O10/c1-3-5-7-9-11-13-15-17-18-19-20-21-22-23-25-26-28-30-32-34-41(48)53-37-39(38-54-46-45(52)44(51)43(50)40(36-47)56-46)55-42(49)35-33-31-29-27-24-16-14-12-10-8-6-4-2/h11-14,17-18,20-21,23,25,28,30,39-40,43-47,50-52H,3-10,15-16,19,22,24,26-27,29,31-38H2,1-2H3/b13-11+,14-12+,18-17+,21-20+,25-23+,30-28+/t39-,40-,43+,44?,45?,46-/m0/s1. The van der Waals surface area contributed by atoms with Crippen LogP contribution in [0.2, 0.25) is 0 Å². The molecule has 1 rings (SSSR count). The Morgan fingerprint density at radius 2 is 1.04 bits per heavy atom. The maximum atomic E-state index is 12.7. The Hall–Kier alpha value is -2.86. The fourth-order valence-corrected chi connectivity index (χ4v) is 5.87. The lowest BCUT2D eigenvalue weighted by Crippen LogP contribution is -2.59. The van der Waals surface area contributed by atoms with Gasteiger partial charge in [-0.3, -0.25) is 9.59 Å². The quantitative estimate of drug-likeness (QED) is 0.0283. The Morgan fingerprint density at radius 3 is 1.59 bits per heavy atom. The van der Waals surface area contributed by atoms with E-state index in [1.54, 1.807) is 0 Å². The van der Waals surface area contributed by atoms with Gasteiger partial charge in [-0.2, -0.15) is 0 Å². The predicted molar refractivity (Wildman–Crippen MR) is 224 cm³/mol. The van der Waals surface area contributed by atoms with Crippen LogP contribution in [0.3, 0.4) is 0 Å². The average molecular weight is 789 g/mol. The molecule has 56 heavy (non-hydrogen) atoms. The SMILES string of the molecule is CCCCC/C=C/C/C=C/C/C=C/C/C=C/C/C=C/CCC(=O)OC[C@@H](CO[C@H]1O[C@@H](CO)[C@@H](O)C(O)C1O)OC(=O)CCCCCCC/C=C/CCCCC. The van der Waals surface area contributed by atoms with Gasteiger partial charge in [0.15, 0.2) is 12.4 Å². The zero-order valence-electron chi connectivity index (χ0n) is 34.6. The number of esters is 2. The van der Waals surface area contributed by atoms with E-state index in [9.17, 15) is 30.0 Å². The zero-order chi connectivity index (χ0) is 40.9. The van der Waals surface area contributed by atoms with E-state index in [0.717, 1.165) is 64.2 Å². The first-order valence-corrected chi connectivity index (χ1v) is 21.5. The summed E-state index contributed by atoms with van der Waals surface area (Å²) in [6.07, 6.45) is 37.8. The maximum Gasteiger partial charge on any atom is 0.306 e. The number of rotatable bonds is 34. The molecular weight excluding hydrogens is 712 g/mol. The van der Waals surface area contributed by atoms with Crippen LogP contribution in [0.1, 0.15) is 149 Å². The summed E-state index contributed by atoms with van der Waals surface area (Å²) >= 11 is 0. The number of allylic oxidation sites excluding steroid dienone is 12. The fourth-order valence-electron chi connectivity index (χ4n) is 5.87. The summed E-state index contributed by atoms with van der Waals surface area (Å²) in [5, 5.41) is 40.0. The van der Waals surface area contributed by atoms with Gasteiger partial charge >= 0.3 is 11.9 Å². The lowest BCUT2D eigenvalue weighted by atomic mass is 9.99. The Labute approximate surface area is 338 Å². The molecule has 1 fully saturated rings. The van der Waals surface area contributed by atoms with Gasteiger partial charge in [-0.15, -0.1) is 0 Å². The molecule has 4 N–H and O–H groups in total. The molecule has 0 aromatic heterocycles. The zero-order valence-corrected chi connectivity index (χ0v) is 34.6. The number of aliphatic hydroxyl groups is 4. The molecule has 6 atom stereocenters. The first-order chi connectivity index (χ1) is 27.3. The number of carbonyl (C=O) groups is 2. The Balaban J connectivity index is 2.41. The van der Waals surface area contributed by atoms with Gasteiger partial charge in [0.25, 0.3) is 0 Å². The second-order valence-electron chi connectivity index (χ2n) is 14.4. The van der Waals surface area contributed by atoms with Gasteiger partial charge in [0, 0.05) is 12.8 Å². The molecule has 0 radical (unpaired) electrons. The Bertz CT molecular complexity index is 1140. The second-order valence-corrected chi connectivity index (χ2v) is 14.4. The van der Waals surface area contributed by atoms with Gasteiger partial charge in [0.05, 0.1) is 13.2 Å². The second kappa shape index (κ2) is 36.5. The summed E-state index contributed by atoms with van der Waals surface area (Å²) in [5.41, 5.74) is 0. The lowest BCUT2D eigenvalue weighted by molar-refractivity contribution is -0.305. The average Bonchev–Trinajstić information content (AvgIpc) is 3.19. The van der Waals surface area contributed by atoms with Crippen LogP contribution < -0.4 is 0 Å². The van der Waals surface area contributed by atoms with Gasteiger partial charge in [-0.1, -0.05) is 132 Å². The third kappa shape index (κ3) is 27.7. The first kappa shape index (κ1) is 51.2. The van der Waals surface area contributed by atoms with Crippen LogP contribution in [0.15, 0.2) is 72.9 Å².